The van der Waals surface area contributed by atoms with Crippen molar-refractivity contribution in [3.8, 4) is 0 Å². The molecular formula is C16H20ClFN6O3S. The summed E-state index contributed by atoms with van der Waals surface area (Å²) in [5.74, 6) is -0.766. The van der Waals surface area contributed by atoms with Crippen LogP contribution in [0, 0.1) is 5.92 Å². The Morgan fingerprint density at radius 2 is 2.04 bits per heavy atom. The second-order valence-electron chi connectivity index (χ2n) is 6.74. The summed E-state index contributed by atoms with van der Waals surface area (Å²) >= 11 is 5.75. The van der Waals surface area contributed by atoms with Gasteiger partial charge in [-0.1, -0.05) is 11.6 Å². The number of likely N-dealkylation sites (tertiary alicyclic amines) is 1. The molecule has 1 unspecified atom stereocenters. The number of hydrogen-bond donors (Lipinski definition) is 1. The normalized spacial score (nSPS) is 17.9. The van der Waals surface area contributed by atoms with Crippen molar-refractivity contribution in [3.63, 3.8) is 0 Å². The first-order valence-corrected chi connectivity index (χ1v) is 10.4. The Morgan fingerprint density at radius 1 is 1.36 bits per heavy atom. The number of sulfone groups is 1. The first kappa shape index (κ1) is 20.5. The molecule has 1 aliphatic heterocycles. The lowest BCUT2D eigenvalue weighted by Gasteiger charge is -2.37. The highest BCUT2D eigenvalue weighted by molar-refractivity contribution is 7.92. The van der Waals surface area contributed by atoms with Crippen molar-refractivity contribution in [1.82, 2.24) is 24.9 Å². The maximum Gasteiger partial charge on any atom is 0.321 e. The molecule has 152 valence electrons. The molecule has 2 aromatic rings. The van der Waals surface area contributed by atoms with Gasteiger partial charge in [0.1, 0.15) is 0 Å². The molecule has 3 rings (SSSR count). The molecule has 2 amide bonds. The van der Waals surface area contributed by atoms with Gasteiger partial charge < -0.3 is 10.2 Å². The van der Waals surface area contributed by atoms with E-state index in [1.807, 2.05) is 0 Å². The van der Waals surface area contributed by atoms with E-state index in [9.17, 15) is 13.2 Å². The van der Waals surface area contributed by atoms with Crippen LogP contribution in [-0.2, 0) is 16.9 Å². The number of aromatic nitrogens is 4. The topological polar surface area (TPSA) is 110 Å². The molecule has 1 fully saturated rings. The summed E-state index contributed by atoms with van der Waals surface area (Å²) in [5.41, 5.74) is 0.494. The molecule has 9 nitrogen and oxygen atoms in total. The molecule has 1 aliphatic rings. The van der Waals surface area contributed by atoms with Crippen LogP contribution in [0.4, 0.5) is 14.9 Å². The fourth-order valence-electron chi connectivity index (χ4n) is 3.26. The minimum absolute atomic E-state index is 0.0195. The monoisotopic (exact) mass is 430 g/mol. The van der Waals surface area contributed by atoms with Crippen LogP contribution in [0.1, 0.15) is 19.8 Å². The molecule has 1 N–H and O–H groups in total. The van der Waals surface area contributed by atoms with E-state index in [0.717, 1.165) is 17.7 Å². The third-order valence-electron chi connectivity index (χ3n) is 4.95. The summed E-state index contributed by atoms with van der Waals surface area (Å²) in [6.45, 7) is 1.53. The number of nitrogens with one attached hydrogen (secondary N) is 1. The quantitative estimate of drug-likeness (QED) is 0.796. The lowest BCUT2D eigenvalue weighted by Crippen LogP contribution is -2.48. The standard InChI is InChI=1S/C16H20ClFN6O3S/c1-16(18,28(26,27)14-9-13(17)22-23(14)2)11-4-7-24(8-5-11)15(25)21-12-3-6-19-20-10-12/h3,6,9-11H,4-5,7-8H2,1-2H3,(H,19,21,25). The summed E-state index contributed by atoms with van der Waals surface area (Å²) < 4.78 is 42.2. The summed E-state index contributed by atoms with van der Waals surface area (Å²) in [7, 11) is -2.92. The summed E-state index contributed by atoms with van der Waals surface area (Å²) in [6, 6.07) is 2.38. The zero-order chi connectivity index (χ0) is 20.5. The summed E-state index contributed by atoms with van der Waals surface area (Å²) in [4.78, 5) is 13.8. The molecule has 12 heteroatoms. The van der Waals surface area contributed by atoms with Crippen molar-refractivity contribution in [2.24, 2.45) is 13.0 Å². The van der Waals surface area contributed by atoms with E-state index in [2.05, 4.69) is 20.6 Å². The maximum absolute atomic E-state index is 15.5. The Morgan fingerprint density at radius 3 is 2.57 bits per heavy atom. The molecular weight excluding hydrogens is 411 g/mol. The van der Waals surface area contributed by atoms with Crippen LogP contribution >= 0.6 is 11.6 Å². The van der Waals surface area contributed by atoms with Crippen molar-refractivity contribution >= 4 is 33.2 Å². The van der Waals surface area contributed by atoms with Gasteiger partial charge in [-0.3, -0.25) is 4.68 Å². The number of nitrogens with zero attached hydrogens (tertiary/aromatic N) is 5. The zero-order valence-corrected chi connectivity index (χ0v) is 16.9. The highest BCUT2D eigenvalue weighted by Crippen LogP contribution is 2.39. The Bertz CT molecular complexity index is 958. The molecule has 3 heterocycles. The van der Waals surface area contributed by atoms with Crippen molar-refractivity contribution in [3.05, 3.63) is 29.7 Å². The van der Waals surface area contributed by atoms with Gasteiger partial charge in [-0.15, -0.1) is 0 Å². The molecule has 1 saturated heterocycles. The Hall–Kier alpha value is -2.27. The van der Waals surface area contributed by atoms with E-state index >= 15 is 4.39 Å². The Balaban J connectivity index is 1.68. The van der Waals surface area contributed by atoms with E-state index < -0.39 is 20.8 Å². The minimum Gasteiger partial charge on any atom is -0.325 e. The number of halogens is 2. The van der Waals surface area contributed by atoms with Gasteiger partial charge in [0.15, 0.2) is 10.2 Å². The average molecular weight is 431 g/mol. The molecule has 0 bridgehead atoms. The van der Waals surface area contributed by atoms with Crippen molar-refractivity contribution in [2.45, 2.75) is 29.8 Å². The average Bonchev–Trinajstić information content (AvgIpc) is 3.01. The van der Waals surface area contributed by atoms with E-state index in [0.29, 0.717) is 5.69 Å². The van der Waals surface area contributed by atoms with E-state index in [1.54, 1.807) is 6.07 Å². The van der Waals surface area contributed by atoms with E-state index in [4.69, 9.17) is 11.6 Å². The number of amides is 2. The molecule has 0 spiro atoms. The number of alkyl halides is 1. The number of carbonyl (C=O) groups excluding carboxylic acids is 1. The summed E-state index contributed by atoms with van der Waals surface area (Å²) in [5, 5.41) is 11.0. The van der Waals surface area contributed by atoms with Crippen LogP contribution < -0.4 is 5.32 Å². The van der Waals surface area contributed by atoms with Crippen molar-refractivity contribution in [2.75, 3.05) is 18.4 Å². The van der Waals surface area contributed by atoms with Gasteiger partial charge in [0.2, 0.25) is 14.8 Å². The van der Waals surface area contributed by atoms with Gasteiger partial charge in [0, 0.05) is 32.1 Å². The third-order valence-corrected chi connectivity index (χ3v) is 7.46. The zero-order valence-electron chi connectivity index (χ0n) is 15.3. The maximum atomic E-state index is 15.5. The number of carbonyl (C=O) groups is 1. The first-order valence-electron chi connectivity index (χ1n) is 8.58. The lowest BCUT2D eigenvalue weighted by molar-refractivity contribution is 0.117. The van der Waals surface area contributed by atoms with Crippen molar-refractivity contribution in [1.29, 1.82) is 0 Å². The number of piperidine rings is 1. The predicted octanol–water partition coefficient (Wildman–Crippen LogP) is 2.27. The predicted molar refractivity (Wildman–Crippen MR) is 100 cm³/mol. The highest BCUT2D eigenvalue weighted by Gasteiger charge is 2.50. The Labute approximate surface area is 166 Å². The number of anilines is 1. The summed E-state index contributed by atoms with van der Waals surface area (Å²) in [6.07, 6.45) is 3.28. The molecule has 0 radical (unpaired) electrons. The molecule has 0 aromatic carbocycles. The smallest absolute Gasteiger partial charge is 0.321 e. The highest BCUT2D eigenvalue weighted by atomic mass is 35.5. The van der Waals surface area contributed by atoms with Crippen LogP contribution in [0.3, 0.4) is 0 Å². The van der Waals surface area contributed by atoms with Gasteiger partial charge in [0.05, 0.1) is 18.1 Å². The molecule has 2 aromatic heterocycles. The fourth-order valence-corrected chi connectivity index (χ4v) is 5.28. The number of aryl methyl sites for hydroxylation is 1. The SMILES string of the molecule is Cn1nc(Cl)cc1S(=O)(=O)C(C)(F)C1CCN(C(=O)Nc2ccnnc2)CC1. The van der Waals surface area contributed by atoms with Gasteiger partial charge in [0.25, 0.3) is 0 Å². The second kappa shape index (κ2) is 7.63. The van der Waals surface area contributed by atoms with E-state index in [-0.39, 0.29) is 42.1 Å². The van der Waals surface area contributed by atoms with E-state index in [1.165, 1.54) is 24.3 Å². The number of urea groups is 1. The van der Waals surface area contributed by atoms with Crippen LogP contribution in [0.5, 0.6) is 0 Å². The lowest BCUT2D eigenvalue weighted by atomic mass is 9.92. The number of hydrogen-bond acceptors (Lipinski definition) is 6. The Kier molecular flexibility index (Phi) is 5.57. The van der Waals surface area contributed by atoms with Crippen LogP contribution in [0.2, 0.25) is 5.15 Å². The molecule has 1 atom stereocenters. The van der Waals surface area contributed by atoms with Gasteiger partial charge in [-0.05, 0) is 25.8 Å². The third kappa shape index (κ3) is 3.81. The number of rotatable bonds is 4. The molecule has 28 heavy (non-hydrogen) atoms. The van der Waals surface area contributed by atoms with Crippen molar-refractivity contribution < 1.29 is 17.6 Å². The van der Waals surface area contributed by atoms with Gasteiger partial charge >= 0.3 is 6.03 Å². The first-order chi connectivity index (χ1) is 13.1. The van der Waals surface area contributed by atoms with Crippen LogP contribution in [0.25, 0.3) is 0 Å². The van der Waals surface area contributed by atoms with Crippen LogP contribution in [0.15, 0.2) is 29.6 Å². The minimum atomic E-state index is -4.32. The van der Waals surface area contributed by atoms with Crippen LogP contribution in [-0.4, -0.2) is 57.4 Å². The fraction of sp³-hybridized carbons (Fsp3) is 0.500. The largest absolute Gasteiger partial charge is 0.325 e. The molecule has 0 saturated carbocycles. The van der Waals surface area contributed by atoms with Gasteiger partial charge in [-0.25, -0.2) is 17.6 Å². The molecule has 0 aliphatic carbocycles. The second-order valence-corrected chi connectivity index (χ2v) is 9.35. The van der Waals surface area contributed by atoms with Gasteiger partial charge in [-0.2, -0.15) is 15.3 Å².